The Labute approximate surface area is 183 Å². The van der Waals surface area contributed by atoms with Crippen molar-refractivity contribution in [3.05, 3.63) is 71.5 Å². The summed E-state index contributed by atoms with van der Waals surface area (Å²) in [6.45, 7) is 2.01. The fourth-order valence-electron chi connectivity index (χ4n) is 3.91. The quantitative estimate of drug-likeness (QED) is 0.422. The van der Waals surface area contributed by atoms with Crippen LogP contribution in [0.1, 0.15) is 21.6 Å². The average Bonchev–Trinajstić information content (AvgIpc) is 3.36. The van der Waals surface area contributed by atoms with Crippen LogP contribution in [0.2, 0.25) is 0 Å². The molecule has 8 heteroatoms. The lowest BCUT2D eigenvalue weighted by molar-refractivity contribution is 0.103. The van der Waals surface area contributed by atoms with E-state index in [0.29, 0.717) is 44.9 Å². The summed E-state index contributed by atoms with van der Waals surface area (Å²) < 4.78 is 11.0. The zero-order chi connectivity index (χ0) is 22.2. The number of tetrazole rings is 1. The first-order valence-electron chi connectivity index (χ1n) is 9.93. The summed E-state index contributed by atoms with van der Waals surface area (Å²) in [5.41, 5.74) is 2.60. The van der Waals surface area contributed by atoms with Crippen molar-refractivity contribution < 1.29 is 14.3 Å². The Bertz CT molecular complexity index is 1480. The zero-order valence-electron chi connectivity index (χ0n) is 17.7. The summed E-state index contributed by atoms with van der Waals surface area (Å²) in [4.78, 5) is 18.3. The molecule has 1 N–H and O–H groups in total. The van der Waals surface area contributed by atoms with E-state index in [1.54, 1.807) is 32.5 Å². The van der Waals surface area contributed by atoms with Gasteiger partial charge >= 0.3 is 0 Å². The minimum Gasteiger partial charge on any atom is -0.493 e. The van der Waals surface area contributed by atoms with E-state index in [1.165, 1.54) is 0 Å². The molecule has 158 valence electrons. The number of ketones is 1. The molecule has 0 spiro atoms. The van der Waals surface area contributed by atoms with Crippen molar-refractivity contribution >= 4 is 27.3 Å². The maximum absolute atomic E-state index is 13.8. The summed E-state index contributed by atoms with van der Waals surface area (Å²) in [6, 6.07) is 15.3. The van der Waals surface area contributed by atoms with E-state index in [0.717, 1.165) is 16.3 Å². The molecule has 0 amide bonds. The van der Waals surface area contributed by atoms with E-state index in [2.05, 4.69) is 25.6 Å². The number of ether oxygens (including phenoxy) is 2. The summed E-state index contributed by atoms with van der Waals surface area (Å²) in [5, 5.41) is 17.4. The van der Waals surface area contributed by atoms with E-state index in [9.17, 15) is 4.79 Å². The average molecular weight is 425 g/mol. The maximum atomic E-state index is 13.8. The van der Waals surface area contributed by atoms with E-state index in [1.807, 2.05) is 43.3 Å². The molecule has 0 aliphatic carbocycles. The number of H-pyrrole nitrogens is 1. The summed E-state index contributed by atoms with van der Waals surface area (Å²) in [7, 11) is 3.11. The van der Waals surface area contributed by atoms with Crippen LogP contribution in [0.15, 0.2) is 54.7 Å². The van der Waals surface area contributed by atoms with Crippen LogP contribution in [0.4, 0.5) is 0 Å². The number of aryl methyl sites for hydroxylation is 1. The fourth-order valence-corrected chi connectivity index (χ4v) is 3.91. The third kappa shape index (κ3) is 3.13. The van der Waals surface area contributed by atoms with Crippen molar-refractivity contribution in [1.82, 2.24) is 25.6 Å². The van der Waals surface area contributed by atoms with Crippen molar-refractivity contribution in [2.45, 2.75) is 6.92 Å². The van der Waals surface area contributed by atoms with Gasteiger partial charge in [-0.15, -0.1) is 10.2 Å². The standard InChI is InChI=1S/C24H19N5O3/c1-13-7-8-14-5-4-6-15(16(14)9-13)23(30)22-18-11-21(32-3)20(31-2)10-17(18)19(12-25-22)24-26-28-29-27-24/h4-12H,1-3H3,(H,26,27,28,29). The molecule has 2 aromatic heterocycles. The van der Waals surface area contributed by atoms with Crippen molar-refractivity contribution in [3.63, 3.8) is 0 Å². The fraction of sp³-hybridized carbons (Fsp3) is 0.125. The number of aromatic nitrogens is 5. The highest BCUT2D eigenvalue weighted by atomic mass is 16.5. The lowest BCUT2D eigenvalue weighted by Crippen LogP contribution is -2.07. The number of fused-ring (bicyclic) bond motifs is 2. The smallest absolute Gasteiger partial charge is 0.212 e. The van der Waals surface area contributed by atoms with Crippen LogP contribution >= 0.6 is 0 Å². The second kappa shape index (κ2) is 7.73. The van der Waals surface area contributed by atoms with E-state index in [-0.39, 0.29) is 5.78 Å². The molecule has 0 aliphatic heterocycles. The third-order valence-corrected chi connectivity index (χ3v) is 5.48. The molecule has 3 aromatic carbocycles. The number of nitrogens with zero attached hydrogens (tertiary/aromatic N) is 4. The van der Waals surface area contributed by atoms with Crippen molar-refractivity contribution in [2.24, 2.45) is 0 Å². The first-order chi connectivity index (χ1) is 15.6. The van der Waals surface area contributed by atoms with Gasteiger partial charge in [-0.1, -0.05) is 42.0 Å². The third-order valence-electron chi connectivity index (χ3n) is 5.48. The Morgan fingerprint density at radius 2 is 1.72 bits per heavy atom. The van der Waals surface area contributed by atoms with Gasteiger partial charge in [-0.05, 0) is 35.0 Å². The van der Waals surface area contributed by atoms with Gasteiger partial charge in [-0.2, -0.15) is 5.21 Å². The second-order valence-corrected chi connectivity index (χ2v) is 7.37. The molecular weight excluding hydrogens is 406 g/mol. The monoisotopic (exact) mass is 425 g/mol. The Morgan fingerprint density at radius 1 is 0.938 bits per heavy atom. The molecule has 0 radical (unpaired) electrons. The SMILES string of the molecule is COc1cc2c(-c3nn[nH]n3)cnc(C(=O)c3cccc4ccc(C)cc34)c2cc1OC. The number of nitrogens with one attached hydrogen (secondary N) is 1. The van der Waals surface area contributed by atoms with Gasteiger partial charge in [0.15, 0.2) is 11.5 Å². The Hall–Kier alpha value is -4.33. The number of pyridine rings is 1. The molecule has 0 unspecified atom stereocenters. The van der Waals surface area contributed by atoms with E-state index in [4.69, 9.17) is 9.47 Å². The number of benzene rings is 3. The first kappa shape index (κ1) is 19.6. The summed E-state index contributed by atoms with van der Waals surface area (Å²) in [5.74, 6) is 1.21. The predicted octanol–water partition coefficient (Wildman–Crippen LogP) is 4.12. The molecule has 0 fully saturated rings. The highest BCUT2D eigenvalue weighted by Gasteiger charge is 2.22. The van der Waals surface area contributed by atoms with E-state index >= 15 is 0 Å². The van der Waals surface area contributed by atoms with Crippen LogP contribution < -0.4 is 9.47 Å². The number of hydrogen-bond donors (Lipinski definition) is 1. The van der Waals surface area contributed by atoms with Crippen LogP contribution in [0.3, 0.4) is 0 Å². The van der Waals surface area contributed by atoms with Crippen LogP contribution in [-0.2, 0) is 0 Å². The number of rotatable bonds is 5. The van der Waals surface area contributed by atoms with Gasteiger partial charge in [0.2, 0.25) is 11.6 Å². The van der Waals surface area contributed by atoms with Crippen molar-refractivity contribution in [1.29, 1.82) is 0 Å². The lowest BCUT2D eigenvalue weighted by Gasteiger charge is -2.14. The first-order valence-corrected chi connectivity index (χ1v) is 9.93. The van der Waals surface area contributed by atoms with Crippen LogP contribution in [0.5, 0.6) is 11.5 Å². The minimum absolute atomic E-state index is 0.182. The van der Waals surface area contributed by atoms with Crippen LogP contribution in [-0.4, -0.2) is 45.6 Å². The number of aromatic amines is 1. The molecular formula is C24H19N5O3. The van der Waals surface area contributed by atoms with Crippen molar-refractivity contribution in [3.8, 4) is 22.9 Å². The van der Waals surface area contributed by atoms with Gasteiger partial charge in [0.25, 0.3) is 0 Å². The largest absolute Gasteiger partial charge is 0.493 e. The number of carbonyl (C=O) groups excluding carboxylic acids is 1. The number of hydrogen-bond acceptors (Lipinski definition) is 7. The molecule has 0 bridgehead atoms. The molecule has 32 heavy (non-hydrogen) atoms. The zero-order valence-corrected chi connectivity index (χ0v) is 17.7. The topological polar surface area (TPSA) is 103 Å². The highest BCUT2D eigenvalue weighted by molar-refractivity contribution is 6.21. The van der Waals surface area contributed by atoms with Gasteiger partial charge in [0, 0.05) is 28.1 Å². The molecule has 0 saturated carbocycles. The summed E-state index contributed by atoms with van der Waals surface area (Å²) >= 11 is 0. The number of methoxy groups -OCH3 is 2. The maximum Gasteiger partial charge on any atom is 0.212 e. The van der Waals surface area contributed by atoms with Gasteiger partial charge in [0.05, 0.1) is 14.2 Å². The summed E-state index contributed by atoms with van der Waals surface area (Å²) in [6.07, 6.45) is 1.59. The van der Waals surface area contributed by atoms with E-state index < -0.39 is 0 Å². The van der Waals surface area contributed by atoms with Gasteiger partial charge in [0.1, 0.15) is 5.69 Å². The van der Waals surface area contributed by atoms with Crippen LogP contribution in [0.25, 0.3) is 32.9 Å². The molecule has 5 rings (SSSR count). The van der Waals surface area contributed by atoms with Gasteiger partial charge < -0.3 is 9.47 Å². The number of carbonyl (C=O) groups is 1. The lowest BCUT2D eigenvalue weighted by atomic mass is 9.95. The molecule has 0 saturated heterocycles. The second-order valence-electron chi connectivity index (χ2n) is 7.37. The molecule has 0 aliphatic rings. The Morgan fingerprint density at radius 3 is 2.44 bits per heavy atom. The normalized spacial score (nSPS) is 11.1. The Balaban J connectivity index is 1.79. The highest BCUT2D eigenvalue weighted by Crippen LogP contribution is 2.38. The van der Waals surface area contributed by atoms with Crippen molar-refractivity contribution in [2.75, 3.05) is 14.2 Å². The Kier molecular flexibility index (Phi) is 4.74. The van der Waals surface area contributed by atoms with Gasteiger partial charge in [-0.3, -0.25) is 9.78 Å². The molecule has 5 aromatic rings. The minimum atomic E-state index is -0.182. The van der Waals surface area contributed by atoms with Crippen LogP contribution in [0, 0.1) is 6.92 Å². The van der Waals surface area contributed by atoms with Gasteiger partial charge in [-0.25, -0.2) is 0 Å². The molecule has 8 nitrogen and oxygen atoms in total. The molecule has 2 heterocycles. The molecule has 0 atom stereocenters. The predicted molar refractivity (Wildman–Crippen MR) is 120 cm³/mol.